The van der Waals surface area contributed by atoms with Crippen molar-refractivity contribution in [3.8, 4) is 0 Å². The quantitative estimate of drug-likeness (QED) is 0.144. The third-order valence-corrected chi connectivity index (χ3v) is 5.23. The van der Waals surface area contributed by atoms with Gasteiger partial charge >= 0.3 is 5.97 Å². The lowest BCUT2D eigenvalue weighted by molar-refractivity contribution is -0.142. The van der Waals surface area contributed by atoms with Crippen molar-refractivity contribution in [1.82, 2.24) is 16.0 Å². The second kappa shape index (κ2) is 15.5. The van der Waals surface area contributed by atoms with Crippen LogP contribution in [-0.4, -0.2) is 71.2 Å². The Kier molecular flexibility index (Phi) is 14.5. The Bertz CT molecular complexity index is 615. The molecule has 3 amide bonds. The minimum Gasteiger partial charge on any atom is -0.480 e. The van der Waals surface area contributed by atoms with Gasteiger partial charge in [-0.05, 0) is 44.1 Å². The van der Waals surface area contributed by atoms with E-state index in [2.05, 4.69) is 16.0 Å². The Morgan fingerprint density at radius 2 is 1.50 bits per heavy atom. The molecule has 0 aliphatic rings. The molecular weight excluding hydrogens is 418 g/mol. The number of nitrogens with two attached hydrogens (primary N) is 2. The number of carbonyl (C=O) groups is 4. The largest absolute Gasteiger partial charge is 0.480 e. The molecule has 5 atom stereocenters. The van der Waals surface area contributed by atoms with E-state index in [0.29, 0.717) is 25.8 Å². The third-order valence-electron chi connectivity index (χ3n) is 5.23. The SMILES string of the molecule is CCC(C)C(NC(=O)C(N)CO)C(=O)NC(CC(C)C)C(=O)NC(CCCCN)C(=O)O. The average molecular weight is 460 g/mol. The zero-order valence-corrected chi connectivity index (χ0v) is 19.6. The number of nitrogens with one attached hydrogen (secondary N) is 3. The Balaban J connectivity index is 5.45. The van der Waals surface area contributed by atoms with Crippen LogP contribution in [-0.2, 0) is 19.2 Å². The van der Waals surface area contributed by atoms with Gasteiger partial charge in [0, 0.05) is 0 Å². The molecule has 0 heterocycles. The summed E-state index contributed by atoms with van der Waals surface area (Å²) in [7, 11) is 0. The minimum absolute atomic E-state index is 0.0334. The zero-order valence-electron chi connectivity index (χ0n) is 19.6. The van der Waals surface area contributed by atoms with Crippen LogP contribution in [0.5, 0.6) is 0 Å². The number of unbranched alkanes of at least 4 members (excludes halogenated alkanes) is 1. The number of carbonyl (C=O) groups excluding carboxylic acids is 3. The van der Waals surface area contributed by atoms with Gasteiger partial charge in [-0.3, -0.25) is 14.4 Å². The Labute approximate surface area is 190 Å². The van der Waals surface area contributed by atoms with Gasteiger partial charge in [0.25, 0.3) is 0 Å². The summed E-state index contributed by atoms with van der Waals surface area (Å²) in [4.78, 5) is 49.5. The number of carboxylic acids is 1. The first-order chi connectivity index (χ1) is 15.0. The van der Waals surface area contributed by atoms with E-state index in [1.54, 1.807) is 6.92 Å². The van der Waals surface area contributed by atoms with Gasteiger partial charge in [0.2, 0.25) is 17.7 Å². The second-order valence-corrected chi connectivity index (χ2v) is 8.54. The molecule has 0 aromatic rings. The van der Waals surface area contributed by atoms with E-state index in [1.165, 1.54) is 0 Å². The summed E-state index contributed by atoms with van der Waals surface area (Å²) >= 11 is 0. The molecule has 9 N–H and O–H groups in total. The normalized spacial score (nSPS) is 15.9. The first-order valence-corrected chi connectivity index (χ1v) is 11.2. The number of hydrogen-bond donors (Lipinski definition) is 7. The lowest BCUT2D eigenvalue weighted by atomic mass is 9.96. The van der Waals surface area contributed by atoms with Crippen LogP contribution >= 0.6 is 0 Å². The van der Waals surface area contributed by atoms with E-state index in [4.69, 9.17) is 16.6 Å². The number of aliphatic hydroxyl groups is 1. The highest BCUT2D eigenvalue weighted by Crippen LogP contribution is 2.12. The van der Waals surface area contributed by atoms with Crippen LogP contribution < -0.4 is 27.4 Å². The maximum atomic E-state index is 13.0. The van der Waals surface area contributed by atoms with E-state index in [0.717, 1.165) is 0 Å². The fourth-order valence-corrected chi connectivity index (χ4v) is 3.03. The standard InChI is InChI=1S/C21H41N5O6/c1-5-13(4)17(26-18(28)14(23)11-27)20(30)25-16(10-12(2)3)19(29)24-15(21(31)32)8-6-7-9-22/h12-17,27H,5-11,22-23H2,1-4H3,(H,24,29)(H,25,30)(H,26,28)(H,31,32). The van der Waals surface area contributed by atoms with Crippen LogP contribution in [0, 0.1) is 11.8 Å². The fraction of sp³-hybridized carbons (Fsp3) is 0.810. The van der Waals surface area contributed by atoms with Gasteiger partial charge in [-0.25, -0.2) is 4.79 Å². The lowest BCUT2D eigenvalue weighted by Gasteiger charge is -2.28. The summed E-state index contributed by atoms with van der Waals surface area (Å²) in [6.07, 6.45) is 2.26. The van der Waals surface area contributed by atoms with Gasteiger partial charge in [-0.2, -0.15) is 0 Å². The Hall–Kier alpha value is -2.24. The minimum atomic E-state index is -1.17. The lowest BCUT2D eigenvalue weighted by Crippen LogP contribution is -2.59. The molecule has 32 heavy (non-hydrogen) atoms. The summed E-state index contributed by atoms with van der Waals surface area (Å²) in [5.74, 6) is -3.25. The number of rotatable bonds is 16. The van der Waals surface area contributed by atoms with Crippen LogP contribution in [0.15, 0.2) is 0 Å². The molecule has 186 valence electrons. The number of aliphatic carboxylic acids is 1. The Morgan fingerprint density at radius 1 is 0.906 bits per heavy atom. The van der Waals surface area contributed by atoms with Gasteiger partial charge in [0.05, 0.1) is 6.61 Å². The van der Waals surface area contributed by atoms with Crippen LogP contribution in [0.3, 0.4) is 0 Å². The van der Waals surface area contributed by atoms with E-state index in [-0.39, 0.29) is 24.7 Å². The van der Waals surface area contributed by atoms with Crippen molar-refractivity contribution in [3.05, 3.63) is 0 Å². The van der Waals surface area contributed by atoms with E-state index >= 15 is 0 Å². The van der Waals surface area contributed by atoms with Crippen LogP contribution in [0.2, 0.25) is 0 Å². The molecule has 0 radical (unpaired) electrons. The first kappa shape index (κ1) is 29.8. The highest BCUT2D eigenvalue weighted by atomic mass is 16.4. The second-order valence-electron chi connectivity index (χ2n) is 8.54. The van der Waals surface area contributed by atoms with Gasteiger partial charge in [-0.1, -0.05) is 34.1 Å². The molecule has 0 aromatic carbocycles. The van der Waals surface area contributed by atoms with Gasteiger partial charge in [0.1, 0.15) is 24.2 Å². The molecule has 0 fully saturated rings. The van der Waals surface area contributed by atoms with E-state index in [9.17, 15) is 24.3 Å². The number of amides is 3. The predicted octanol–water partition coefficient (Wildman–Crippen LogP) is -0.934. The van der Waals surface area contributed by atoms with Gasteiger partial charge in [-0.15, -0.1) is 0 Å². The molecule has 0 aliphatic heterocycles. The topological polar surface area (TPSA) is 197 Å². The number of hydrogen-bond acceptors (Lipinski definition) is 7. The van der Waals surface area contributed by atoms with Crippen molar-refractivity contribution in [1.29, 1.82) is 0 Å². The van der Waals surface area contributed by atoms with Crippen LogP contribution in [0.25, 0.3) is 0 Å². The monoisotopic (exact) mass is 459 g/mol. The van der Waals surface area contributed by atoms with Gasteiger partial charge < -0.3 is 37.6 Å². The van der Waals surface area contributed by atoms with Crippen molar-refractivity contribution in [2.75, 3.05) is 13.2 Å². The molecule has 0 saturated carbocycles. The maximum Gasteiger partial charge on any atom is 0.326 e. The van der Waals surface area contributed by atoms with Crippen molar-refractivity contribution < 1.29 is 29.4 Å². The summed E-state index contributed by atoms with van der Waals surface area (Å²) < 4.78 is 0. The number of aliphatic hydroxyl groups excluding tert-OH is 1. The highest BCUT2D eigenvalue weighted by molar-refractivity contribution is 5.94. The molecule has 0 saturated heterocycles. The third kappa shape index (κ3) is 10.9. The molecule has 0 spiro atoms. The molecule has 0 rings (SSSR count). The zero-order chi connectivity index (χ0) is 24.8. The summed E-state index contributed by atoms with van der Waals surface area (Å²) in [5.41, 5.74) is 11.0. The predicted molar refractivity (Wildman–Crippen MR) is 120 cm³/mol. The fourth-order valence-electron chi connectivity index (χ4n) is 3.03. The van der Waals surface area contributed by atoms with Crippen molar-refractivity contribution in [2.45, 2.75) is 84.0 Å². The number of carboxylic acid groups (broad SMARTS) is 1. The maximum absolute atomic E-state index is 13.0. The first-order valence-electron chi connectivity index (χ1n) is 11.2. The summed E-state index contributed by atoms with van der Waals surface area (Å²) in [6, 6.07) is -4.21. The molecule has 0 aliphatic carbocycles. The molecule has 0 bridgehead atoms. The molecular formula is C21H41N5O6. The molecule has 11 heteroatoms. The summed E-state index contributed by atoms with van der Waals surface area (Å²) in [6.45, 7) is 7.21. The van der Waals surface area contributed by atoms with Crippen LogP contribution in [0.1, 0.15) is 59.8 Å². The van der Waals surface area contributed by atoms with E-state index in [1.807, 2.05) is 20.8 Å². The molecule has 0 aromatic heterocycles. The molecule has 11 nitrogen and oxygen atoms in total. The average Bonchev–Trinajstić information content (AvgIpc) is 2.74. The van der Waals surface area contributed by atoms with Crippen molar-refractivity contribution >= 4 is 23.7 Å². The smallest absolute Gasteiger partial charge is 0.326 e. The Morgan fingerprint density at radius 3 is 1.97 bits per heavy atom. The van der Waals surface area contributed by atoms with Crippen molar-refractivity contribution in [2.24, 2.45) is 23.3 Å². The molecule has 5 unspecified atom stereocenters. The highest BCUT2D eigenvalue weighted by Gasteiger charge is 2.32. The van der Waals surface area contributed by atoms with Crippen molar-refractivity contribution in [3.63, 3.8) is 0 Å². The van der Waals surface area contributed by atoms with Gasteiger partial charge in [0.15, 0.2) is 0 Å². The van der Waals surface area contributed by atoms with Crippen LogP contribution in [0.4, 0.5) is 0 Å². The van der Waals surface area contributed by atoms with E-state index < -0.39 is 54.5 Å². The summed E-state index contributed by atoms with van der Waals surface area (Å²) in [5, 5.41) is 26.2.